The molecule has 2 saturated heterocycles. The molecule has 2 rings (SSSR count). The molecule has 2 heterocycles. The number of hydrogen-bond donors (Lipinski definition) is 1. The first-order chi connectivity index (χ1) is 9.50. The molecule has 0 aromatic carbocycles. The van der Waals surface area contributed by atoms with Crippen LogP contribution in [0.4, 0.5) is 0 Å². The SMILES string of the molecule is CC1CC(=O)N(CCN2CCCCC2)C(C)C1C(=O)O. The minimum Gasteiger partial charge on any atom is -0.481 e. The van der Waals surface area contributed by atoms with Crippen molar-refractivity contribution in [3.8, 4) is 0 Å². The Morgan fingerprint density at radius 2 is 1.85 bits per heavy atom. The highest BCUT2D eigenvalue weighted by Crippen LogP contribution is 2.29. The summed E-state index contributed by atoms with van der Waals surface area (Å²) >= 11 is 0. The molecule has 0 aromatic heterocycles. The summed E-state index contributed by atoms with van der Waals surface area (Å²) in [5, 5.41) is 9.35. The molecule has 2 aliphatic rings. The Bertz CT molecular complexity index is 366. The molecular weight excluding hydrogens is 256 g/mol. The highest BCUT2D eigenvalue weighted by atomic mass is 16.4. The second-order valence-electron chi connectivity index (χ2n) is 6.28. The molecule has 1 N–H and O–H groups in total. The molecule has 1 amide bonds. The Labute approximate surface area is 120 Å². The number of rotatable bonds is 4. The number of carbonyl (C=O) groups excluding carboxylic acids is 1. The lowest BCUT2D eigenvalue weighted by Gasteiger charge is -2.41. The average molecular weight is 282 g/mol. The fourth-order valence-electron chi connectivity index (χ4n) is 3.63. The minimum atomic E-state index is -0.777. The Hall–Kier alpha value is -1.10. The molecule has 0 aliphatic carbocycles. The van der Waals surface area contributed by atoms with Crippen LogP contribution in [0.1, 0.15) is 39.5 Å². The first-order valence-electron chi connectivity index (χ1n) is 7.75. The molecular formula is C15H26N2O3. The smallest absolute Gasteiger partial charge is 0.308 e. The Morgan fingerprint density at radius 1 is 1.20 bits per heavy atom. The molecule has 2 aliphatic heterocycles. The number of aliphatic carboxylic acids is 1. The van der Waals surface area contributed by atoms with Gasteiger partial charge in [0.05, 0.1) is 5.92 Å². The van der Waals surface area contributed by atoms with Gasteiger partial charge in [-0.1, -0.05) is 13.3 Å². The number of likely N-dealkylation sites (tertiary alicyclic amines) is 2. The van der Waals surface area contributed by atoms with Crippen LogP contribution in [0, 0.1) is 11.8 Å². The lowest BCUT2D eigenvalue weighted by Crippen LogP contribution is -2.54. The topological polar surface area (TPSA) is 60.9 Å². The van der Waals surface area contributed by atoms with Crippen LogP contribution in [0.25, 0.3) is 0 Å². The van der Waals surface area contributed by atoms with Crippen molar-refractivity contribution in [3.63, 3.8) is 0 Å². The highest BCUT2D eigenvalue weighted by Gasteiger charge is 2.41. The van der Waals surface area contributed by atoms with Crippen molar-refractivity contribution >= 4 is 11.9 Å². The Kier molecular flexibility index (Phi) is 5.02. The fourth-order valence-corrected chi connectivity index (χ4v) is 3.63. The summed E-state index contributed by atoms with van der Waals surface area (Å²) in [6, 6.07) is -0.200. The average Bonchev–Trinajstić information content (AvgIpc) is 2.38. The van der Waals surface area contributed by atoms with Crippen molar-refractivity contribution in [2.24, 2.45) is 11.8 Å². The van der Waals surface area contributed by atoms with Crippen LogP contribution in [-0.2, 0) is 9.59 Å². The summed E-state index contributed by atoms with van der Waals surface area (Å²) in [5.74, 6) is -1.17. The van der Waals surface area contributed by atoms with Crippen LogP contribution in [-0.4, -0.2) is 59.0 Å². The number of carboxylic acids is 1. The number of carbonyl (C=O) groups is 2. The maximum atomic E-state index is 12.2. The quantitative estimate of drug-likeness (QED) is 0.847. The molecule has 3 unspecified atom stereocenters. The molecule has 3 atom stereocenters. The zero-order chi connectivity index (χ0) is 14.7. The van der Waals surface area contributed by atoms with E-state index in [1.54, 1.807) is 4.90 Å². The van der Waals surface area contributed by atoms with Gasteiger partial charge in [0.15, 0.2) is 0 Å². The van der Waals surface area contributed by atoms with Crippen LogP contribution >= 0.6 is 0 Å². The van der Waals surface area contributed by atoms with Gasteiger partial charge in [0.2, 0.25) is 5.91 Å². The van der Waals surface area contributed by atoms with Crippen LogP contribution < -0.4 is 0 Å². The van der Waals surface area contributed by atoms with E-state index < -0.39 is 11.9 Å². The lowest BCUT2D eigenvalue weighted by molar-refractivity contribution is -0.154. The maximum absolute atomic E-state index is 12.2. The van der Waals surface area contributed by atoms with E-state index >= 15 is 0 Å². The first-order valence-corrected chi connectivity index (χ1v) is 7.75. The summed E-state index contributed by atoms with van der Waals surface area (Å²) in [6.07, 6.45) is 4.13. The second kappa shape index (κ2) is 6.57. The third kappa shape index (κ3) is 3.32. The van der Waals surface area contributed by atoms with E-state index in [1.165, 1.54) is 19.3 Å². The third-order valence-corrected chi connectivity index (χ3v) is 4.83. The molecule has 0 radical (unpaired) electrons. The van der Waals surface area contributed by atoms with Gasteiger partial charge < -0.3 is 14.9 Å². The summed E-state index contributed by atoms with van der Waals surface area (Å²) in [5.41, 5.74) is 0. The van der Waals surface area contributed by atoms with Crippen LogP contribution in [0.15, 0.2) is 0 Å². The molecule has 0 saturated carbocycles. The van der Waals surface area contributed by atoms with Crippen LogP contribution in [0.5, 0.6) is 0 Å². The van der Waals surface area contributed by atoms with Gasteiger partial charge in [0.1, 0.15) is 0 Å². The number of carboxylic acid groups (broad SMARTS) is 1. The highest BCUT2D eigenvalue weighted by molar-refractivity contribution is 5.81. The molecule has 5 nitrogen and oxygen atoms in total. The second-order valence-corrected chi connectivity index (χ2v) is 6.28. The predicted octanol–water partition coefficient (Wildman–Crippen LogP) is 1.43. The third-order valence-electron chi connectivity index (χ3n) is 4.83. The van der Waals surface area contributed by atoms with Gasteiger partial charge in [-0.15, -0.1) is 0 Å². The number of amides is 1. The Balaban J connectivity index is 1.94. The van der Waals surface area contributed by atoms with E-state index in [2.05, 4.69) is 4.90 Å². The summed E-state index contributed by atoms with van der Waals surface area (Å²) < 4.78 is 0. The molecule has 114 valence electrons. The van der Waals surface area contributed by atoms with E-state index in [4.69, 9.17) is 0 Å². The van der Waals surface area contributed by atoms with Gasteiger partial charge in [-0.05, 0) is 38.8 Å². The zero-order valence-corrected chi connectivity index (χ0v) is 12.5. The molecule has 0 aromatic rings. The van der Waals surface area contributed by atoms with Crippen molar-refractivity contribution in [3.05, 3.63) is 0 Å². The standard InChI is InChI=1S/C15H26N2O3/c1-11-10-13(18)17(12(2)14(11)15(19)20)9-8-16-6-4-3-5-7-16/h11-12,14H,3-10H2,1-2H3,(H,19,20). The van der Waals surface area contributed by atoms with Gasteiger partial charge >= 0.3 is 5.97 Å². The number of nitrogens with zero attached hydrogens (tertiary/aromatic N) is 2. The molecule has 5 heteroatoms. The minimum absolute atomic E-state index is 0.0683. The summed E-state index contributed by atoms with van der Waals surface area (Å²) in [6.45, 7) is 7.50. The monoisotopic (exact) mass is 282 g/mol. The van der Waals surface area contributed by atoms with E-state index in [0.717, 1.165) is 19.6 Å². The lowest BCUT2D eigenvalue weighted by atomic mass is 9.81. The fraction of sp³-hybridized carbons (Fsp3) is 0.867. The number of hydrogen-bond acceptors (Lipinski definition) is 3. The van der Waals surface area contributed by atoms with Crippen LogP contribution in [0.2, 0.25) is 0 Å². The van der Waals surface area contributed by atoms with Gasteiger partial charge in [-0.3, -0.25) is 9.59 Å². The largest absolute Gasteiger partial charge is 0.481 e. The van der Waals surface area contributed by atoms with E-state index in [-0.39, 0.29) is 17.9 Å². The van der Waals surface area contributed by atoms with E-state index in [1.807, 2.05) is 13.8 Å². The van der Waals surface area contributed by atoms with Crippen molar-refractivity contribution in [1.29, 1.82) is 0 Å². The maximum Gasteiger partial charge on any atom is 0.308 e. The van der Waals surface area contributed by atoms with Crippen molar-refractivity contribution in [2.75, 3.05) is 26.2 Å². The first kappa shape index (κ1) is 15.3. The molecule has 20 heavy (non-hydrogen) atoms. The van der Waals surface area contributed by atoms with Gasteiger partial charge in [0, 0.05) is 25.6 Å². The van der Waals surface area contributed by atoms with Crippen molar-refractivity contribution in [1.82, 2.24) is 9.80 Å². The zero-order valence-electron chi connectivity index (χ0n) is 12.5. The Morgan fingerprint density at radius 3 is 2.45 bits per heavy atom. The van der Waals surface area contributed by atoms with Crippen LogP contribution in [0.3, 0.4) is 0 Å². The van der Waals surface area contributed by atoms with E-state index in [9.17, 15) is 14.7 Å². The van der Waals surface area contributed by atoms with E-state index in [0.29, 0.717) is 13.0 Å². The summed E-state index contributed by atoms with van der Waals surface area (Å²) in [4.78, 5) is 27.7. The number of piperidine rings is 2. The molecule has 0 bridgehead atoms. The van der Waals surface area contributed by atoms with Crippen molar-refractivity contribution in [2.45, 2.75) is 45.6 Å². The molecule has 0 spiro atoms. The normalized spacial score (nSPS) is 32.4. The predicted molar refractivity (Wildman–Crippen MR) is 76.4 cm³/mol. The molecule has 2 fully saturated rings. The summed E-state index contributed by atoms with van der Waals surface area (Å²) in [7, 11) is 0. The van der Waals surface area contributed by atoms with Gasteiger partial charge in [0.25, 0.3) is 0 Å². The van der Waals surface area contributed by atoms with Gasteiger partial charge in [-0.2, -0.15) is 0 Å². The van der Waals surface area contributed by atoms with Crippen molar-refractivity contribution < 1.29 is 14.7 Å². The van der Waals surface area contributed by atoms with Gasteiger partial charge in [-0.25, -0.2) is 0 Å².